The number of aromatic nitrogens is 4. The van der Waals surface area contributed by atoms with E-state index in [9.17, 15) is 4.79 Å². The molecule has 2 aromatic rings. The van der Waals surface area contributed by atoms with Gasteiger partial charge in [-0.1, -0.05) is 11.3 Å². The maximum atomic E-state index is 11.1. The second-order valence-corrected chi connectivity index (χ2v) is 3.98. The topological polar surface area (TPSA) is 80.9 Å². The Morgan fingerprint density at radius 2 is 2.24 bits per heavy atom. The van der Waals surface area contributed by atoms with Crippen LogP contribution < -0.4 is 0 Å². The number of nitrogens with zero attached hydrogens (tertiary/aromatic N) is 4. The number of aromatic carboxylic acids is 1. The molecule has 1 aliphatic carbocycles. The van der Waals surface area contributed by atoms with E-state index in [1.54, 1.807) is 23.0 Å². The summed E-state index contributed by atoms with van der Waals surface area (Å²) in [5.41, 5.74) is 1.07. The van der Waals surface area contributed by atoms with Crippen LogP contribution in [0.15, 0.2) is 24.4 Å². The molecule has 3 rings (SSSR count). The summed E-state index contributed by atoms with van der Waals surface area (Å²) in [6.07, 6.45) is 3.66. The van der Waals surface area contributed by atoms with Crippen molar-refractivity contribution in [3.8, 4) is 11.4 Å². The first-order valence-electron chi connectivity index (χ1n) is 5.37. The normalized spacial score (nSPS) is 14.8. The lowest BCUT2D eigenvalue weighted by Gasteiger charge is -2.04. The number of hydrogen-bond acceptors (Lipinski definition) is 4. The summed E-state index contributed by atoms with van der Waals surface area (Å²) in [7, 11) is 0. The highest BCUT2D eigenvalue weighted by molar-refractivity contribution is 5.92. The molecule has 86 valence electrons. The molecule has 0 unspecified atom stereocenters. The van der Waals surface area contributed by atoms with Gasteiger partial charge in [0.05, 0.1) is 11.7 Å². The number of pyridine rings is 1. The Morgan fingerprint density at radius 3 is 2.82 bits per heavy atom. The summed E-state index contributed by atoms with van der Waals surface area (Å²) in [5, 5.41) is 16.7. The van der Waals surface area contributed by atoms with Crippen molar-refractivity contribution in [1.82, 2.24) is 20.0 Å². The molecular weight excluding hydrogens is 220 g/mol. The van der Waals surface area contributed by atoms with Gasteiger partial charge in [0.15, 0.2) is 5.69 Å². The van der Waals surface area contributed by atoms with Gasteiger partial charge in [-0.25, -0.2) is 9.48 Å². The Morgan fingerprint density at radius 1 is 1.41 bits per heavy atom. The minimum Gasteiger partial charge on any atom is -0.476 e. The number of carbonyl (C=O) groups is 1. The Kier molecular flexibility index (Phi) is 2.14. The molecule has 2 aromatic heterocycles. The van der Waals surface area contributed by atoms with Crippen molar-refractivity contribution in [3.05, 3.63) is 30.1 Å². The molecule has 6 nitrogen and oxygen atoms in total. The van der Waals surface area contributed by atoms with Crippen molar-refractivity contribution in [2.45, 2.75) is 18.9 Å². The SMILES string of the molecule is O=C(O)c1nnn(C2CC2)c1-c1ccccn1. The zero-order chi connectivity index (χ0) is 11.8. The van der Waals surface area contributed by atoms with E-state index >= 15 is 0 Å². The molecule has 0 aromatic carbocycles. The molecule has 0 bridgehead atoms. The molecule has 0 amide bonds. The number of hydrogen-bond donors (Lipinski definition) is 1. The summed E-state index contributed by atoms with van der Waals surface area (Å²) >= 11 is 0. The average Bonchev–Trinajstić information content (AvgIpc) is 3.08. The van der Waals surface area contributed by atoms with Crippen LogP contribution in [0.4, 0.5) is 0 Å². The maximum Gasteiger partial charge on any atom is 0.358 e. The minimum atomic E-state index is -1.07. The fourth-order valence-electron chi connectivity index (χ4n) is 1.75. The summed E-state index contributed by atoms with van der Waals surface area (Å²) in [4.78, 5) is 15.3. The maximum absolute atomic E-state index is 11.1. The van der Waals surface area contributed by atoms with Crippen molar-refractivity contribution in [1.29, 1.82) is 0 Å². The molecule has 0 radical (unpaired) electrons. The van der Waals surface area contributed by atoms with E-state index in [4.69, 9.17) is 5.11 Å². The van der Waals surface area contributed by atoms with Gasteiger partial charge in [-0.15, -0.1) is 5.10 Å². The molecule has 1 aliphatic rings. The number of carboxylic acid groups (broad SMARTS) is 1. The van der Waals surface area contributed by atoms with Gasteiger partial charge in [0.2, 0.25) is 0 Å². The molecule has 0 saturated heterocycles. The summed E-state index contributed by atoms with van der Waals surface area (Å²) in [5.74, 6) is -1.07. The lowest BCUT2D eigenvalue weighted by Crippen LogP contribution is -2.04. The molecule has 1 saturated carbocycles. The number of carboxylic acids is 1. The van der Waals surface area contributed by atoms with Crippen molar-refractivity contribution in [2.24, 2.45) is 0 Å². The lowest BCUT2D eigenvalue weighted by molar-refractivity contribution is 0.0691. The monoisotopic (exact) mass is 230 g/mol. The molecule has 1 fully saturated rings. The van der Waals surface area contributed by atoms with E-state index in [2.05, 4.69) is 15.3 Å². The predicted octanol–water partition coefficient (Wildman–Crippen LogP) is 1.37. The third-order valence-electron chi connectivity index (χ3n) is 2.70. The van der Waals surface area contributed by atoms with Gasteiger partial charge in [-0.2, -0.15) is 0 Å². The Hall–Kier alpha value is -2.24. The highest BCUT2D eigenvalue weighted by atomic mass is 16.4. The Balaban J connectivity index is 2.18. The van der Waals surface area contributed by atoms with Gasteiger partial charge in [0.25, 0.3) is 0 Å². The smallest absolute Gasteiger partial charge is 0.358 e. The van der Waals surface area contributed by atoms with Crippen molar-refractivity contribution in [2.75, 3.05) is 0 Å². The lowest BCUT2D eigenvalue weighted by atomic mass is 10.2. The highest BCUT2D eigenvalue weighted by Gasteiger charge is 2.31. The highest BCUT2D eigenvalue weighted by Crippen LogP contribution is 2.37. The molecule has 0 aliphatic heterocycles. The van der Waals surface area contributed by atoms with Crippen molar-refractivity contribution >= 4 is 5.97 Å². The Bertz CT molecular complexity index is 560. The van der Waals surface area contributed by atoms with E-state index < -0.39 is 5.97 Å². The fraction of sp³-hybridized carbons (Fsp3) is 0.273. The van der Waals surface area contributed by atoms with Gasteiger partial charge < -0.3 is 5.11 Å². The minimum absolute atomic E-state index is 0.0319. The molecule has 0 atom stereocenters. The zero-order valence-electron chi connectivity index (χ0n) is 8.95. The molecular formula is C11H10N4O2. The van der Waals surface area contributed by atoms with Crippen LogP contribution in [0, 0.1) is 0 Å². The van der Waals surface area contributed by atoms with Crippen LogP contribution in [0.2, 0.25) is 0 Å². The van der Waals surface area contributed by atoms with Crippen LogP contribution in [0.25, 0.3) is 11.4 Å². The largest absolute Gasteiger partial charge is 0.476 e. The molecule has 2 heterocycles. The summed E-state index contributed by atoms with van der Waals surface area (Å²) in [6, 6.07) is 5.64. The van der Waals surface area contributed by atoms with Crippen molar-refractivity contribution < 1.29 is 9.90 Å². The van der Waals surface area contributed by atoms with E-state index in [-0.39, 0.29) is 11.7 Å². The van der Waals surface area contributed by atoms with Gasteiger partial charge >= 0.3 is 5.97 Å². The van der Waals surface area contributed by atoms with E-state index in [0.717, 1.165) is 12.8 Å². The van der Waals surface area contributed by atoms with E-state index in [0.29, 0.717) is 11.4 Å². The average molecular weight is 230 g/mol. The second-order valence-electron chi connectivity index (χ2n) is 3.98. The van der Waals surface area contributed by atoms with Crippen LogP contribution in [0.3, 0.4) is 0 Å². The third-order valence-corrected chi connectivity index (χ3v) is 2.70. The molecule has 17 heavy (non-hydrogen) atoms. The van der Waals surface area contributed by atoms with E-state index in [1.165, 1.54) is 0 Å². The van der Waals surface area contributed by atoms with Crippen LogP contribution in [0.5, 0.6) is 0 Å². The predicted molar refractivity (Wildman–Crippen MR) is 58.5 cm³/mol. The quantitative estimate of drug-likeness (QED) is 0.861. The van der Waals surface area contributed by atoms with Crippen LogP contribution in [-0.4, -0.2) is 31.1 Å². The zero-order valence-corrected chi connectivity index (χ0v) is 8.95. The third kappa shape index (κ3) is 1.67. The fourth-order valence-corrected chi connectivity index (χ4v) is 1.75. The van der Waals surface area contributed by atoms with Crippen LogP contribution >= 0.6 is 0 Å². The van der Waals surface area contributed by atoms with Crippen molar-refractivity contribution in [3.63, 3.8) is 0 Å². The number of rotatable bonds is 3. The Labute approximate surface area is 96.9 Å². The molecule has 0 spiro atoms. The summed E-state index contributed by atoms with van der Waals surface area (Å²) < 4.78 is 1.67. The van der Waals surface area contributed by atoms with Crippen LogP contribution in [0.1, 0.15) is 29.4 Å². The van der Waals surface area contributed by atoms with Gasteiger partial charge in [0.1, 0.15) is 5.69 Å². The standard InChI is InChI=1S/C11H10N4O2/c16-11(17)9-10(8-3-1-2-6-12-8)15(14-13-9)7-4-5-7/h1-3,6-7H,4-5H2,(H,16,17). The first kappa shape index (κ1) is 9.95. The first-order valence-corrected chi connectivity index (χ1v) is 5.37. The molecule has 1 N–H and O–H groups in total. The first-order chi connectivity index (χ1) is 8.27. The second kappa shape index (κ2) is 3.65. The van der Waals surface area contributed by atoms with Gasteiger partial charge in [0, 0.05) is 6.20 Å². The van der Waals surface area contributed by atoms with Gasteiger partial charge in [-0.3, -0.25) is 4.98 Å². The van der Waals surface area contributed by atoms with Gasteiger partial charge in [-0.05, 0) is 25.0 Å². The molecule has 6 heteroatoms. The van der Waals surface area contributed by atoms with Crippen LogP contribution in [-0.2, 0) is 0 Å². The van der Waals surface area contributed by atoms with E-state index in [1.807, 2.05) is 6.07 Å². The summed E-state index contributed by atoms with van der Waals surface area (Å²) in [6.45, 7) is 0.